The SMILES string of the molecule is CCCCC(CC)COc1nc(Cl)nc(-n2ccnc2)n1. The number of imidazole rings is 1. The Morgan fingerprint density at radius 1 is 1.29 bits per heavy atom. The van der Waals surface area contributed by atoms with E-state index < -0.39 is 0 Å². The molecule has 2 aromatic heterocycles. The third-order valence-electron chi connectivity index (χ3n) is 3.30. The summed E-state index contributed by atoms with van der Waals surface area (Å²) in [5, 5.41) is 0.116. The lowest BCUT2D eigenvalue weighted by atomic mass is 10.0. The zero-order valence-corrected chi connectivity index (χ0v) is 13.1. The number of hydrogen-bond acceptors (Lipinski definition) is 5. The molecule has 2 rings (SSSR count). The third-order valence-corrected chi connectivity index (χ3v) is 3.47. The minimum Gasteiger partial charge on any atom is -0.463 e. The number of nitrogens with zero attached hydrogens (tertiary/aromatic N) is 5. The van der Waals surface area contributed by atoms with Crippen molar-refractivity contribution in [1.82, 2.24) is 24.5 Å². The topological polar surface area (TPSA) is 65.7 Å². The number of rotatable bonds is 8. The van der Waals surface area contributed by atoms with Crippen LogP contribution in [0.1, 0.15) is 39.5 Å². The lowest BCUT2D eigenvalue weighted by molar-refractivity contribution is 0.217. The quantitative estimate of drug-likeness (QED) is 0.748. The van der Waals surface area contributed by atoms with Crippen molar-refractivity contribution in [3.63, 3.8) is 0 Å². The summed E-state index contributed by atoms with van der Waals surface area (Å²) < 4.78 is 7.36. The lowest BCUT2D eigenvalue weighted by Gasteiger charge is -2.14. The lowest BCUT2D eigenvalue weighted by Crippen LogP contribution is -2.14. The summed E-state index contributed by atoms with van der Waals surface area (Å²) in [5.74, 6) is 0.918. The highest BCUT2D eigenvalue weighted by molar-refractivity contribution is 6.28. The predicted octanol–water partition coefficient (Wildman–Crippen LogP) is 3.31. The van der Waals surface area contributed by atoms with Gasteiger partial charge in [-0.25, -0.2) is 4.98 Å². The van der Waals surface area contributed by atoms with Crippen LogP contribution in [0.15, 0.2) is 18.7 Å². The van der Waals surface area contributed by atoms with Gasteiger partial charge in [-0.3, -0.25) is 4.57 Å². The molecule has 6 nitrogen and oxygen atoms in total. The largest absolute Gasteiger partial charge is 0.463 e. The van der Waals surface area contributed by atoms with Gasteiger partial charge in [-0.1, -0.05) is 33.1 Å². The van der Waals surface area contributed by atoms with Gasteiger partial charge in [0.25, 0.3) is 0 Å². The first-order valence-electron chi connectivity index (χ1n) is 7.25. The standard InChI is InChI=1S/C14H20ClN5O/c1-3-5-6-11(4-2)9-21-14-18-12(15)17-13(19-14)20-8-7-16-10-20/h7-8,10-11H,3-6,9H2,1-2H3. The number of unbranched alkanes of at least 4 members (excludes halogenated alkanes) is 1. The van der Waals surface area contributed by atoms with Crippen LogP contribution in [0.25, 0.3) is 5.95 Å². The van der Waals surface area contributed by atoms with E-state index in [4.69, 9.17) is 16.3 Å². The zero-order valence-electron chi connectivity index (χ0n) is 12.4. The molecule has 0 aliphatic rings. The van der Waals surface area contributed by atoms with Crippen LogP contribution >= 0.6 is 11.6 Å². The van der Waals surface area contributed by atoms with E-state index >= 15 is 0 Å². The fourth-order valence-corrected chi connectivity index (χ4v) is 2.12. The van der Waals surface area contributed by atoms with E-state index in [9.17, 15) is 0 Å². The molecule has 0 saturated carbocycles. The fourth-order valence-electron chi connectivity index (χ4n) is 1.97. The van der Waals surface area contributed by atoms with Crippen LogP contribution in [0.4, 0.5) is 0 Å². The highest BCUT2D eigenvalue weighted by atomic mass is 35.5. The van der Waals surface area contributed by atoms with Crippen molar-refractivity contribution in [3.05, 3.63) is 24.0 Å². The molecule has 7 heteroatoms. The summed E-state index contributed by atoms with van der Waals surface area (Å²) in [5.41, 5.74) is 0. The Balaban J connectivity index is 2.03. The van der Waals surface area contributed by atoms with Gasteiger partial charge in [0.05, 0.1) is 6.61 Å². The van der Waals surface area contributed by atoms with Gasteiger partial charge in [-0.2, -0.15) is 15.0 Å². The molecule has 1 unspecified atom stereocenters. The van der Waals surface area contributed by atoms with E-state index in [1.54, 1.807) is 23.3 Å². The van der Waals surface area contributed by atoms with Crippen molar-refractivity contribution < 1.29 is 4.74 Å². The molecule has 0 saturated heterocycles. The number of hydrogen-bond donors (Lipinski definition) is 0. The van der Waals surface area contributed by atoms with Crippen LogP contribution in [0.5, 0.6) is 6.01 Å². The molecule has 0 aliphatic heterocycles. The highest BCUT2D eigenvalue weighted by Gasteiger charge is 2.11. The minimum absolute atomic E-state index is 0.116. The summed E-state index contributed by atoms with van der Waals surface area (Å²) >= 11 is 5.92. The van der Waals surface area contributed by atoms with Gasteiger partial charge in [-0.15, -0.1) is 0 Å². The van der Waals surface area contributed by atoms with Gasteiger partial charge in [0.15, 0.2) is 0 Å². The van der Waals surface area contributed by atoms with Crippen LogP contribution in [-0.4, -0.2) is 31.1 Å². The van der Waals surface area contributed by atoms with E-state index in [1.807, 2.05) is 0 Å². The Kier molecular flexibility index (Phi) is 5.92. The molecule has 0 bridgehead atoms. The Labute approximate surface area is 129 Å². The molecular weight excluding hydrogens is 290 g/mol. The first-order valence-corrected chi connectivity index (χ1v) is 7.63. The van der Waals surface area contributed by atoms with Gasteiger partial charge < -0.3 is 4.74 Å². The van der Waals surface area contributed by atoms with E-state index in [1.165, 1.54) is 12.8 Å². The van der Waals surface area contributed by atoms with Crippen molar-refractivity contribution in [2.24, 2.45) is 5.92 Å². The molecule has 0 N–H and O–H groups in total. The average molecular weight is 310 g/mol. The molecule has 21 heavy (non-hydrogen) atoms. The van der Waals surface area contributed by atoms with Gasteiger partial charge in [0, 0.05) is 12.4 Å². The average Bonchev–Trinajstić information content (AvgIpc) is 3.01. The molecular formula is C14H20ClN5O. The van der Waals surface area contributed by atoms with E-state index in [0.29, 0.717) is 18.5 Å². The number of halogens is 1. The predicted molar refractivity (Wildman–Crippen MR) is 80.8 cm³/mol. The van der Waals surface area contributed by atoms with Crippen molar-refractivity contribution in [1.29, 1.82) is 0 Å². The summed E-state index contributed by atoms with van der Waals surface area (Å²) in [6.45, 7) is 4.96. The highest BCUT2D eigenvalue weighted by Crippen LogP contribution is 2.16. The van der Waals surface area contributed by atoms with Crippen molar-refractivity contribution in [2.75, 3.05) is 6.61 Å². The van der Waals surface area contributed by atoms with Crippen molar-refractivity contribution in [2.45, 2.75) is 39.5 Å². The Hall–Kier alpha value is -1.69. The van der Waals surface area contributed by atoms with Gasteiger partial charge in [0.1, 0.15) is 6.33 Å². The van der Waals surface area contributed by atoms with E-state index in [2.05, 4.69) is 33.8 Å². The second-order valence-corrected chi connectivity index (χ2v) is 5.22. The summed E-state index contributed by atoms with van der Waals surface area (Å²) in [6.07, 6.45) is 9.62. The first-order chi connectivity index (χ1) is 10.2. The van der Waals surface area contributed by atoms with Crippen LogP contribution < -0.4 is 4.74 Å². The molecule has 0 amide bonds. The van der Waals surface area contributed by atoms with Gasteiger partial charge in [-0.05, 0) is 23.9 Å². The van der Waals surface area contributed by atoms with Crippen molar-refractivity contribution >= 4 is 11.6 Å². The molecule has 114 valence electrons. The third kappa shape index (κ3) is 4.67. The monoisotopic (exact) mass is 309 g/mol. The summed E-state index contributed by atoms with van der Waals surface area (Å²) in [4.78, 5) is 16.3. The fraction of sp³-hybridized carbons (Fsp3) is 0.571. The summed E-state index contributed by atoms with van der Waals surface area (Å²) in [7, 11) is 0. The molecule has 2 heterocycles. The van der Waals surface area contributed by atoms with Crippen LogP contribution in [0, 0.1) is 5.92 Å². The van der Waals surface area contributed by atoms with Gasteiger partial charge in [0.2, 0.25) is 11.2 Å². The zero-order chi connectivity index (χ0) is 15.1. The summed E-state index contributed by atoms with van der Waals surface area (Å²) in [6, 6.07) is 0.258. The van der Waals surface area contributed by atoms with Crippen molar-refractivity contribution in [3.8, 4) is 12.0 Å². The van der Waals surface area contributed by atoms with Crippen LogP contribution in [0.3, 0.4) is 0 Å². The number of ether oxygens (including phenoxy) is 1. The maximum absolute atomic E-state index is 5.92. The van der Waals surface area contributed by atoms with Crippen LogP contribution in [-0.2, 0) is 0 Å². The molecule has 1 atom stereocenters. The normalized spacial score (nSPS) is 12.3. The maximum atomic E-state index is 5.92. The second-order valence-electron chi connectivity index (χ2n) is 4.88. The second kappa shape index (κ2) is 7.93. The molecule has 0 spiro atoms. The molecule has 0 aromatic carbocycles. The minimum atomic E-state index is 0.116. The molecule has 0 aliphatic carbocycles. The maximum Gasteiger partial charge on any atom is 0.322 e. The molecule has 0 radical (unpaired) electrons. The molecule has 0 fully saturated rings. The van der Waals surface area contributed by atoms with E-state index in [-0.39, 0.29) is 11.3 Å². The Morgan fingerprint density at radius 2 is 2.14 bits per heavy atom. The first kappa shape index (κ1) is 15.7. The smallest absolute Gasteiger partial charge is 0.322 e. The Bertz CT molecular complexity index is 546. The number of aromatic nitrogens is 5. The van der Waals surface area contributed by atoms with E-state index in [0.717, 1.165) is 12.8 Å². The van der Waals surface area contributed by atoms with Crippen LogP contribution in [0.2, 0.25) is 5.28 Å². The Morgan fingerprint density at radius 3 is 2.81 bits per heavy atom. The molecule has 2 aromatic rings. The van der Waals surface area contributed by atoms with Gasteiger partial charge >= 0.3 is 6.01 Å².